The van der Waals surface area contributed by atoms with Crippen molar-refractivity contribution in [3.8, 4) is 0 Å². The highest BCUT2D eigenvalue weighted by molar-refractivity contribution is 6.42. The molecule has 1 heterocycles. The van der Waals surface area contributed by atoms with Crippen LogP contribution in [0.25, 0.3) is 0 Å². The van der Waals surface area contributed by atoms with Crippen LogP contribution in [0.4, 0.5) is 18.9 Å². The van der Waals surface area contributed by atoms with E-state index >= 15 is 0 Å². The number of nitrogens with zero attached hydrogens (tertiary/aromatic N) is 1. The molecule has 2 unspecified atom stereocenters. The summed E-state index contributed by atoms with van der Waals surface area (Å²) in [4.78, 5) is 3.95. The highest BCUT2D eigenvalue weighted by Crippen LogP contribution is 2.35. The van der Waals surface area contributed by atoms with Crippen LogP contribution in [0.2, 0.25) is 10.0 Å². The van der Waals surface area contributed by atoms with E-state index < -0.39 is 12.2 Å². The number of alkyl halides is 3. The second-order valence-electron chi connectivity index (χ2n) is 5.98. The van der Waals surface area contributed by atoms with E-state index in [1.165, 1.54) is 19.3 Å². The van der Waals surface area contributed by atoms with E-state index in [9.17, 15) is 13.2 Å². The first kappa shape index (κ1) is 18.3. The van der Waals surface area contributed by atoms with Crippen LogP contribution in [0.5, 0.6) is 0 Å². The molecule has 134 valence electrons. The second kappa shape index (κ2) is 7.02. The molecule has 0 saturated carbocycles. The van der Waals surface area contributed by atoms with Crippen molar-refractivity contribution in [2.24, 2.45) is 0 Å². The van der Waals surface area contributed by atoms with Gasteiger partial charge in [0.2, 0.25) is 0 Å². The van der Waals surface area contributed by atoms with Crippen LogP contribution >= 0.6 is 23.2 Å². The number of rotatable bonds is 4. The van der Waals surface area contributed by atoms with Gasteiger partial charge in [-0.3, -0.25) is 4.98 Å². The summed E-state index contributed by atoms with van der Waals surface area (Å²) in [5.74, 6) is 0. The molecular weight excluding hydrogens is 374 g/mol. The Balaban J connectivity index is 1.70. The van der Waals surface area contributed by atoms with Crippen LogP contribution < -0.4 is 10.6 Å². The lowest BCUT2D eigenvalue weighted by molar-refractivity contribution is -0.157. The minimum Gasteiger partial charge on any atom is -0.380 e. The van der Waals surface area contributed by atoms with E-state index in [0.29, 0.717) is 22.2 Å². The van der Waals surface area contributed by atoms with E-state index in [1.807, 2.05) is 6.07 Å². The van der Waals surface area contributed by atoms with Gasteiger partial charge < -0.3 is 10.6 Å². The van der Waals surface area contributed by atoms with Crippen molar-refractivity contribution in [2.45, 2.75) is 31.1 Å². The third kappa shape index (κ3) is 3.86. The summed E-state index contributed by atoms with van der Waals surface area (Å²) in [5, 5.41) is 6.62. The Labute approximate surface area is 153 Å². The highest BCUT2D eigenvalue weighted by Gasteiger charge is 2.40. The smallest absolute Gasteiger partial charge is 0.380 e. The zero-order valence-electron chi connectivity index (χ0n) is 13.3. The van der Waals surface area contributed by atoms with Crippen molar-refractivity contribution in [2.75, 3.05) is 12.4 Å². The minimum absolute atomic E-state index is 0.0647. The summed E-state index contributed by atoms with van der Waals surface area (Å²) >= 11 is 12.3. The van der Waals surface area contributed by atoms with Crippen LogP contribution in [-0.2, 0) is 12.8 Å². The SMILES string of the molecule is CNC(c1ccc(NC2Cc3ccc(Cl)c(Cl)c3C2)cn1)C(F)(F)F. The zero-order valence-corrected chi connectivity index (χ0v) is 14.8. The van der Waals surface area contributed by atoms with Crippen LogP contribution in [0, 0.1) is 0 Å². The Hall–Kier alpha value is -1.50. The summed E-state index contributed by atoms with van der Waals surface area (Å²) in [6.45, 7) is 0. The monoisotopic (exact) mass is 389 g/mol. The van der Waals surface area contributed by atoms with Crippen molar-refractivity contribution in [1.29, 1.82) is 0 Å². The van der Waals surface area contributed by atoms with Crippen LogP contribution in [0.1, 0.15) is 22.9 Å². The summed E-state index contributed by atoms with van der Waals surface area (Å²) in [5.41, 5.74) is 2.75. The molecule has 0 amide bonds. The number of halogens is 5. The third-order valence-corrected chi connectivity index (χ3v) is 5.12. The lowest BCUT2D eigenvalue weighted by Crippen LogP contribution is -2.32. The number of nitrogens with one attached hydrogen (secondary N) is 2. The van der Waals surface area contributed by atoms with Crippen LogP contribution in [0.15, 0.2) is 30.5 Å². The normalized spacial score (nSPS) is 18.1. The summed E-state index contributed by atoms with van der Waals surface area (Å²) in [6.07, 6.45) is -1.49. The fraction of sp³-hybridized carbons (Fsp3) is 0.353. The number of aromatic nitrogens is 1. The molecule has 2 N–H and O–H groups in total. The van der Waals surface area contributed by atoms with E-state index in [0.717, 1.165) is 17.5 Å². The Morgan fingerprint density at radius 1 is 1.16 bits per heavy atom. The molecule has 0 aliphatic heterocycles. The minimum atomic E-state index is -4.39. The van der Waals surface area contributed by atoms with Gasteiger partial charge in [0.1, 0.15) is 6.04 Å². The maximum absolute atomic E-state index is 12.9. The van der Waals surface area contributed by atoms with Gasteiger partial charge in [0.05, 0.1) is 27.6 Å². The first-order valence-corrected chi connectivity index (χ1v) is 8.47. The molecule has 0 bridgehead atoms. The molecule has 1 aromatic carbocycles. The van der Waals surface area contributed by atoms with Crippen molar-refractivity contribution in [3.63, 3.8) is 0 Å². The Morgan fingerprint density at radius 3 is 2.52 bits per heavy atom. The molecule has 0 spiro atoms. The van der Waals surface area contributed by atoms with Gasteiger partial charge in [-0.25, -0.2) is 0 Å². The first-order chi connectivity index (χ1) is 11.8. The quantitative estimate of drug-likeness (QED) is 0.788. The molecule has 2 atom stereocenters. The molecule has 1 aromatic heterocycles. The largest absolute Gasteiger partial charge is 0.409 e. The first-order valence-electron chi connectivity index (χ1n) is 7.72. The molecule has 1 aliphatic carbocycles. The standard InChI is InChI=1S/C17H16Cl2F3N3/c1-23-16(17(20,21)22)14-5-3-10(8-24-14)25-11-6-9-2-4-13(18)15(19)12(9)7-11/h2-5,8,11,16,23,25H,6-7H2,1H3. The third-order valence-electron chi connectivity index (χ3n) is 4.28. The van der Waals surface area contributed by atoms with E-state index in [-0.39, 0.29) is 11.7 Å². The summed E-state index contributed by atoms with van der Waals surface area (Å²) in [7, 11) is 1.26. The number of anilines is 1. The Morgan fingerprint density at radius 2 is 1.92 bits per heavy atom. The molecule has 1 aliphatic rings. The lowest BCUT2D eigenvalue weighted by atomic mass is 10.1. The van der Waals surface area contributed by atoms with Gasteiger partial charge in [-0.2, -0.15) is 13.2 Å². The molecular formula is C17H16Cl2F3N3. The van der Waals surface area contributed by atoms with E-state index in [4.69, 9.17) is 23.2 Å². The fourth-order valence-corrected chi connectivity index (χ4v) is 3.55. The van der Waals surface area contributed by atoms with Crippen molar-refractivity contribution < 1.29 is 13.2 Å². The van der Waals surface area contributed by atoms with E-state index in [2.05, 4.69) is 15.6 Å². The number of pyridine rings is 1. The Bertz CT molecular complexity index is 763. The van der Waals surface area contributed by atoms with Gasteiger partial charge in [-0.15, -0.1) is 0 Å². The van der Waals surface area contributed by atoms with Gasteiger partial charge in [-0.05, 0) is 49.2 Å². The average molecular weight is 390 g/mol. The molecule has 8 heteroatoms. The predicted molar refractivity (Wildman–Crippen MR) is 93.4 cm³/mol. The van der Waals surface area contributed by atoms with Crippen molar-refractivity contribution in [1.82, 2.24) is 10.3 Å². The molecule has 25 heavy (non-hydrogen) atoms. The fourth-order valence-electron chi connectivity index (χ4n) is 3.11. The topological polar surface area (TPSA) is 37.0 Å². The van der Waals surface area contributed by atoms with Gasteiger partial charge in [0.25, 0.3) is 0 Å². The van der Waals surface area contributed by atoms with Gasteiger partial charge in [0.15, 0.2) is 0 Å². The average Bonchev–Trinajstić information content (AvgIpc) is 2.95. The van der Waals surface area contributed by atoms with Gasteiger partial charge in [0, 0.05) is 6.04 Å². The number of hydrogen-bond donors (Lipinski definition) is 2. The summed E-state index contributed by atoms with van der Waals surface area (Å²) < 4.78 is 38.7. The maximum atomic E-state index is 12.9. The molecule has 2 aromatic rings. The Kier molecular flexibility index (Phi) is 5.14. The zero-order chi connectivity index (χ0) is 18.2. The van der Waals surface area contributed by atoms with Crippen molar-refractivity contribution >= 4 is 28.9 Å². The van der Waals surface area contributed by atoms with Gasteiger partial charge in [-0.1, -0.05) is 29.3 Å². The molecule has 0 radical (unpaired) electrons. The second-order valence-corrected chi connectivity index (χ2v) is 6.77. The number of benzene rings is 1. The maximum Gasteiger partial charge on any atom is 0.409 e. The molecule has 0 fully saturated rings. The van der Waals surface area contributed by atoms with Crippen molar-refractivity contribution in [3.05, 3.63) is 57.3 Å². The number of hydrogen-bond acceptors (Lipinski definition) is 3. The van der Waals surface area contributed by atoms with Crippen LogP contribution in [0.3, 0.4) is 0 Å². The lowest BCUT2D eigenvalue weighted by Gasteiger charge is -2.20. The summed E-state index contributed by atoms with van der Waals surface area (Å²) in [6, 6.07) is 5.03. The van der Waals surface area contributed by atoms with E-state index in [1.54, 1.807) is 12.1 Å². The molecule has 3 nitrogen and oxygen atoms in total. The number of fused-ring (bicyclic) bond motifs is 1. The molecule has 3 rings (SSSR count). The van der Waals surface area contributed by atoms with Gasteiger partial charge >= 0.3 is 6.18 Å². The molecule has 0 saturated heterocycles. The van der Waals surface area contributed by atoms with Crippen LogP contribution in [-0.4, -0.2) is 24.2 Å². The predicted octanol–water partition coefficient (Wildman–Crippen LogP) is 4.79. The highest BCUT2D eigenvalue weighted by atomic mass is 35.5.